The zero-order valence-corrected chi connectivity index (χ0v) is 40.2. The van der Waals surface area contributed by atoms with Gasteiger partial charge in [0.15, 0.2) is 0 Å². The minimum atomic E-state index is -0.495. The van der Waals surface area contributed by atoms with Crippen molar-refractivity contribution in [3.63, 3.8) is 0 Å². The lowest BCUT2D eigenvalue weighted by Crippen LogP contribution is -2.09. The van der Waals surface area contributed by atoms with Gasteiger partial charge in [-0.25, -0.2) is 44.3 Å². The first-order chi connectivity index (χ1) is 36.9. The summed E-state index contributed by atoms with van der Waals surface area (Å²) < 4.78 is 17.4. The topological polar surface area (TPSA) is 156 Å². The Morgan fingerprint density at radius 2 is 0.560 bits per heavy atom. The molecule has 0 aliphatic rings. The minimum absolute atomic E-state index is 0.185. The van der Waals surface area contributed by atoms with Gasteiger partial charge < -0.3 is 14.2 Å². The smallest absolute Gasteiger partial charge is 0.338 e. The Morgan fingerprint density at radius 1 is 0.293 bits per heavy atom. The Labute approximate surface area is 427 Å². The van der Waals surface area contributed by atoms with Crippen LogP contribution in [0.2, 0.25) is 0 Å². The van der Waals surface area contributed by atoms with Crippen molar-refractivity contribution in [1.29, 1.82) is 0 Å². The van der Waals surface area contributed by atoms with Crippen LogP contribution < -0.4 is 0 Å². The summed E-state index contributed by atoms with van der Waals surface area (Å²) in [7, 11) is 0. The SMILES string of the molecule is O=C(OCCc1cccc2ccccc12)c1ccc2nc3c4nc5ccc(C(=O)OCCc6cccc7ccccc67)cc5nc4c4nc5cc(C(=O)OCCc6cccc7ccccc67)ccc5nc4c3nc2c1. The number of carbonyl (C=O) groups excluding carboxylic acids is 3. The van der Waals surface area contributed by atoms with Crippen molar-refractivity contribution in [3.8, 4) is 0 Å². The molecule has 0 spiro atoms. The number of hydrogen-bond acceptors (Lipinski definition) is 12. The van der Waals surface area contributed by atoms with Crippen molar-refractivity contribution >= 4 is 116 Å². The number of fused-ring (bicyclic) bond motifs is 12. The second-order valence-electron chi connectivity index (χ2n) is 18.4. The van der Waals surface area contributed by atoms with E-state index < -0.39 is 17.9 Å². The summed E-state index contributed by atoms with van der Waals surface area (Å²) in [5, 5.41) is 6.74. The fourth-order valence-electron chi connectivity index (χ4n) is 10.1. The molecule has 0 bridgehead atoms. The van der Waals surface area contributed by atoms with Gasteiger partial charge in [-0.1, -0.05) is 127 Å². The fourth-order valence-corrected chi connectivity index (χ4v) is 10.1. The Hall–Kier alpha value is -9.81. The van der Waals surface area contributed by atoms with E-state index in [2.05, 4.69) is 54.6 Å². The Bertz CT molecular complexity index is 4490. The zero-order chi connectivity index (χ0) is 50.4. The highest BCUT2D eigenvalue weighted by molar-refractivity contribution is 6.21. The number of rotatable bonds is 12. The molecule has 12 nitrogen and oxygen atoms in total. The first-order valence-electron chi connectivity index (χ1n) is 24.8. The first-order valence-corrected chi connectivity index (χ1v) is 24.8. The van der Waals surface area contributed by atoms with Gasteiger partial charge >= 0.3 is 17.9 Å². The molecule has 3 heterocycles. The van der Waals surface area contributed by atoms with E-state index in [0.717, 1.165) is 49.0 Å². The average Bonchev–Trinajstić information content (AvgIpc) is 3.49. The lowest BCUT2D eigenvalue weighted by molar-refractivity contribution is 0.0500. The van der Waals surface area contributed by atoms with E-state index in [0.29, 0.717) is 102 Å². The van der Waals surface area contributed by atoms with Crippen LogP contribution in [-0.2, 0) is 33.5 Å². The van der Waals surface area contributed by atoms with E-state index >= 15 is 0 Å². The molecule has 0 N–H and O–H groups in total. The van der Waals surface area contributed by atoms with Crippen molar-refractivity contribution in [2.24, 2.45) is 0 Å². The molecule has 13 aromatic rings. The highest BCUT2D eigenvalue weighted by Gasteiger charge is 2.22. The number of ether oxygens (including phenoxy) is 3. The molecule has 360 valence electrons. The number of hydrogen-bond donors (Lipinski definition) is 0. The second-order valence-corrected chi connectivity index (χ2v) is 18.4. The van der Waals surface area contributed by atoms with Crippen LogP contribution in [0.25, 0.3) is 98.5 Å². The van der Waals surface area contributed by atoms with Crippen LogP contribution in [0.3, 0.4) is 0 Å². The van der Waals surface area contributed by atoms with Crippen LogP contribution in [0.15, 0.2) is 182 Å². The lowest BCUT2D eigenvalue weighted by atomic mass is 10.0. The van der Waals surface area contributed by atoms with Gasteiger partial charge in [-0.3, -0.25) is 0 Å². The largest absolute Gasteiger partial charge is 0.462 e. The molecule has 0 aliphatic carbocycles. The minimum Gasteiger partial charge on any atom is -0.462 e. The molecule has 0 saturated heterocycles. The predicted molar refractivity (Wildman–Crippen MR) is 292 cm³/mol. The molecule has 0 fully saturated rings. The summed E-state index contributed by atoms with van der Waals surface area (Å²) in [5.41, 5.74) is 9.29. The summed E-state index contributed by atoms with van der Waals surface area (Å²) >= 11 is 0. The predicted octanol–water partition coefficient (Wildman–Crippen LogP) is 12.6. The third-order valence-electron chi connectivity index (χ3n) is 13.8. The molecule has 3 aromatic heterocycles. The Balaban J connectivity index is 0.849. The summed E-state index contributed by atoms with van der Waals surface area (Å²) in [5.74, 6) is -1.47. The van der Waals surface area contributed by atoms with Crippen molar-refractivity contribution in [2.45, 2.75) is 19.3 Å². The van der Waals surface area contributed by atoms with Crippen molar-refractivity contribution in [3.05, 3.63) is 215 Å². The molecule has 0 aliphatic heterocycles. The lowest BCUT2D eigenvalue weighted by Gasteiger charge is -2.12. The van der Waals surface area contributed by atoms with Gasteiger partial charge in [0, 0.05) is 19.3 Å². The summed E-state index contributed by atoms with van der Waals surface area (Å²) in [6.07, 6.45) is 1.65. The maximum atomic E-state index is 13.6. The van der Waals surface area contributed by atoms with Crippen molar-refractivity contribution in [2.75, 3.05) is 19.8 Å². The molecule has 13 rings (SSSR count). The van der Waals surface area contributed by atoms with Gasteiger partial charge in [0.2, 0.25) is 0 Å². The number of esters is 3. The molecule has 0 atom stereocenters. The highest BCUT2D eigenvalue weighted by atomic mass is 16.5. The molecule has 0 radical (unpaired) electrons. The van der Waals surface area contributed by atoms with Crippen LogP contribution in [0, 0.1) is 0 Å². The van der Waals surface area contributed by atoms with Gasteiger partial charge in [0.25, 0.3) is 0 Å². The first kappa shape index (κ1) is 45.1. The van der Waals surface area contributed by atoms with Crippen molar-refractivity contribution in [1.82, 2.24) is 29.9 Å². The Kier molecular flexibility index (Phi) is 11.4. The van der Waals surface area contributed by atoms with Gasteiger partial charge in [0.05, 0.1) is 69.6 Å². The molecule has 10 aromatic carbocycles. The quantitative estimate of drug-likeness (QED) is 0.0495. The Morgan fingerprint density at radius 3 is 0.867 bits per heavy atom. The van der Waals surface area contributed by atoms with Crippen LogP contribution in [0.5, 0.6) is 0 Å². The number of benzene rings is 10. The normalized spacial score (nSPS) is 11.7. The molecule has 0 amide bonds. The molecule has 12 heteroatoms. The van der Waals surface area contributed by atoms with Crippen molar-refractivity contribution < 1.29 is 28.6 Å². The van der Waals surface area contributed by atoms with E-state index in [-0.39, 0.29) is 19.8 Å². The molecule has 75 heavy (non-hydrogen) atoms. The standard InChI is InChI=1S/C63H42N6O6/c70-61(73-31-28-40-16-7-13-37-10-1-4-19-46(37)40)43-22-25-49-52(34-43)67-58-55(64-49)56-59(68-53-35-44(23-26-50(53)65-56)62(71)74-32-29-41-17-8-14-38-11-2-5-20-47(38)41)60-57(58)66-51-27-24-45(36-54(51)69-60)63(72)75-33-30-42-18-9-15-39-12-3-6-21-48(39)42/h1-27,34-36H,28-33H2. The molecular formula is C63H42N6O6. The van der Waals surface area contributed by atoms with Crippen LogP contribution in [0.1, 0.15) is 47.8 Å². The number of aromatic nitrogens is 6. The van der Waals surface area contributed by atoms with Crippen LogP contribution in [0.4, 0.5) is 0 Å². The molecule has 0 unspecified atom stereocenters. The fraction of sp³-hybridized carbons (Fsp3) is 0.0952. The van der Waals surface area contributed by atoms with E-state index in [1.165, 1.54) is 0 Å². The maximum absolute atomic E-state index is 13.6. The number of nitrogens with zero attached hydrogens (tertiary/aromatic N) is 6. The van der Waals surface area contributed by atoms with E-state index in [1.54, 1.807) is 54.6 Å². The van der Waals surface area contributed by atoms with Crippen LogP contribution >= 0.6 is 0 Å². The summed E-state index contributed by atoms with van der Waals surface area (Å²) in [6.45, 7) is 0.568. The molecular weight excluding hydrogens is 937 g/mol. The summed E-state index contributed by atoms with van der Waals surface area (Å²) in [6, 6.07) is 58.0. The second kappa shape index (κ2) is 19.0. The van der Waals surface area contributed by atoms with Gasteiger partial charge in [0.1, 0.15) is 33.1 Å². The maximum Gasteiger partial charge on any atom is 0.338 e. The highest BCUT2D eigenvalue weighted by Crippen LogP contribution is 2.34. The van der Waals surface area contributed by atoms with Crippen LogP contribution in [-0.4, -0.2) is 67.6 Å². The van der Waals surface area contributed by atoms with E-state index in [4.69, 9.17) is 44.1 Å². The van der Waals surface area contributed by atoms with Gasteiger partial charge in [-0.05, 0) is 104 Å². The van der Waals surface area contributed by atoms with E-state index in [1.807, 2.05) is 72.8 Å². The van der Waals surface area contributed by atoms with E-state index in [9.17, 15) is 14.4 Å². The third kappa shape index (κ3) is 8.57. The molecule has 0 saturated carbocycles. The van der Waals surface area contributed by atoms with Gasteiger partial charge in [-0.2, -0.15) is 0 Å². The monoisotopic (exact) mass is 978 g/mol. The zero-order valence-electron chi connectivity index (χ0n) is 40.2. The number of carbonyl (C=O) groups is 3. The van der Waals surface area contributed by atoms with Gasteiger partial charge in [-0.15, -0.1) is 0 Å². The average molecular weight is 979 g/mol. The summed E-state index contributed by atoms with van der Waals surface area (Å²) in [4.78, 5) is 71.3. The third-order valence-corrected chi connectivity index (χ3v) is 13.8.